The van der Waals surface area contributed by atoms with E-state index in [4.69, 9.17) is 0 Å². The Morgan fingerprint density at radius 2 is 1.39 bits per heavy atom. The summed E-state index contributed by atoms with van der Waals surface area (Å²) in [6, 6.07) is 16.1. The van der Waals surface area contributed by atoms with Crippen molar-refractivity contribution >= 4 is 0 Å². The van der Waals surface area contributed by atoms with Crippen molar-refractivity contribution in [3.05, 3.63) is 76.5 Å². The highest BCUT2D eigenvalue weighted by Gasteiger charge is 2.42. The van der Waals surface area contributed by atoms with Crippen LogP contribution < -0.4 is 4.57 Å². The number of hydrogen-bond acceptors (Lipinski definition) is 0. The van der Waals surface area contributed by atoms with Crippen LogP contribution in [0.5, 0.6) is 0 Å². The van der Waals surface area contributed by atoms with E-state index < -0.39 is 0 Å². The van der Waals surface area contributed by atoms with E-state index in [0.29, 0.717) is 0 Å². The molecular formula is C30H36N+. The van der Waals surface area contributed by atoms with Gasteiger partial charge in [-0.05, 0) is 64.0 Å². The van der Waals surface area contributed by atoms with Gasteiger partial charge in [0.1, 0.15) is 7.05 Å². The van der Waals surface area contributed by atoms with Crippen LogP contribution in [-0.4, -0.2) is 0 Å². The molecule has 0 saturated carbocycles. The number of benzene rings is 2. The van der Waals surface area contributed by atoms with Gasteiger partial charge >= 0.3 is 0 Å². The van der Waals surface area contributed by atoms with Crippen molar-refractivity contribution in [2.24, 2.45) is 7.05 Å². The minimum absolute atomic E-state index is 0.00896. The summed E-state index contributed by atoms with van der Waals surface area (Å²) in [5.74, 6) is 0. The molecular weight excluding hydrogens is 374 g/mol. The van der Waals surface area contributed by atoms with E-state index in [9.17, 15) is 0 Å². The summed E-state index contributed by atoms with van der Waals surface area (Å²) in [5.41, 5.74) is 13.3. The van der Waals surface area contributed by atoms with Crippen LogP contribution in [0.2, 0.25) is 0 Å². The van der Waals surface area contributed by atoms with Gasteiger partial charge in [0.05, 0.1) is 5.56 Å². The van der Waals surface area contributed by atoms with Crippen LogP contribution >= 0.6 is 0 Å². The number of aromatic nitrogens is 1. The quantitative estimate of drug-likeness (QED) is 0.375. The van der Waals surface area contributed by atoms with Gasteiger partial charge in [0.15, 0.2) is 6.20 Å². The van der Waals surface area contributed by atoms with Gasteiger partial charge in [0.25, 0.3) is 0 Å². The molecule has 2 aliphatic rings. The molecule has 0 spiro atoms. The molecule has 1 heterocycles. The molecule has 2 aromatic carbocycles. The summed E-state index contributed by atoms with van der Waals surface area (Å²) in [7, 11) is 2.24. The summed E-state index contributed by atoms with van der Waals surface area (Å²) >= 11 is 0. The van der Waals surface area contributed by atoms with Crippen LogP contribution in [0.3, 0.4) is 0 Å². The molecule has 3 aromatic rings. The molecule has 2 aliphatic carbocycles. The molecule has 1 nitrogen and oxygen atoms in total. The minimum Gasteiger partial charge on any atom is -0.201 e. The molecule has 0 unspecified atom stereocenters. The van der Waals surface area contributed by atoms with Crippen molar-refractivity contribution in [1.82, 2.24) is 0 Å². The molecule has 160 valence electrons. The molecule has 0 aliphatic heterocycles. The zero-order valence-corrected chi connectivity index (χ0v) is 20.5. The molecule has 5 rings (SSSR count). The van der Waals surface area contributed by atoms with Crippen molar-refractivity contribution in [2.45, 2.75) is 77.6 Å². The Morgan fingerprint density at radius 3 is 2.10 bits per heavy atom. The van der Waals surface area contributed by atoms with Gasteiger partial charge in [-0.3, -0.25) is 0 Å². The third-order valence-electron chi connectivity index (χ3n) is 8.29. The average Bonchev–Trinajstić information content (AvgIpc) is 2.94. The van der Waals surface area contributed by atoms with Gasteiger partial charge in [-0.15, -0.1) is 0 Å². The van der Waals surface area contributed by atoms with Gasteiger partial charge in [-0.1, -0.05) is 77.9 Å². The first-order valence-corrected chi connectivity index (χ1v) is 11.7. The van der Waals surface area contributed by atoms with Crippen LogP contribution in [0.1, 0.15) is 82.2 Å². The van der Waals surface area contributed by atoms with E-state index in [-0.39, 0.29) is 16.2 Å². The Morgan fingerprint density at radius 1 is 0.742 bits per heavy atom. The van der Waals surface area contributed by atoms with Gasteiger partial charge in [-0.2, -0.15) is 0 Å². The molecule has 0 N–H and O–H groups in total. The fourth-order valence-electron chi connectivity index (χ4n) is 6.20. The van der Waals surface area contributed by atoms with Crippen LogP contribution in [0.25, 0.3) is 22.4 Å². The topological polar surface area (TPSA) is 3.88 Å². The fraction of sp³-hybridized carbons (Fsp3) is 0.433. The van der Waals surface area contributed by atoms with E-state index in [1.165, 1.54) is 63.0 Å². The largest absolute Gasteiger partial charge is 0.213 e. The first kappa shape index (κ1) is 20.5. The lowest BCUT2D eigenvalue weighted by Gasteiger charge is -2.40. The second kappa shape index (κ2) is 6.31. The van der Waals surface area contributed by atoms with E-state index in [1.54, 1.807) is 0 Å². The van der Waals surface area contributed by atoms with E-state index in [1.807, 2.05) is 0 Å². The lowest BCUT2D eigenvalue weighted by molar-refractivity contribution is -0.661. The maximum Gasteiger partial charge on any atom is 0.213 e. The van der Waals surface area contributed by atoms with E-state index in [0.717, 1.165) is 0 Å². The van der Waals surface area contributed by atoms with Crippen LogP contribution in [0, 0.1) is 6.92 Å². The fourth-order valence-corrected chi connectivity index (χ4v) is 6.20. The maximum absolute atomic E-state index is 2.53. The van der Waals surface area contributed by atoms with Gasteiger partial charge in [0.2, 0.25) is 5.69 Å². The zero-order valence-electron chi connectivity index (χ0n) is 20.5. The normalized spacial score (nSPS) is 19.5. The lowest BCUT2D eigenvalue weighted by Crippen LogP contribution is -2.40. The maximum atomic E-state index is 2.53. The minimum atomic E-state index is -0.00896. The van der Waals surface area contributed by atoms with E-state index >= 15 is 0 Å². The summed E-state index contributed by atoms with van der Waals surface area (Å²) in [5, 5.41) is 0. The third kappa shape index (κ3) is 2.78. The zero-order chi connectivity index (χ0) is 22.3. The first-order valence-electron chi connectivity index (χ1n) is 11.7. The summed E-state index contributed by atoms with van der Waals surface area (Å²) < 4.78 is 2.39. The summed E-state index contributed by atoms with van der Waals surface area (Å²) in [4.78, 5) is 0. The van der Waals surface area contributed by atoms with Gasteiger partial charge < -0.3 is 0 Å². The smallest absolute Gasteiger partial charge is 0.201 e. The summed E-state index contributed by atoms with van der Waals surface area (Å²) in [6.07, 6.45) is 4.91. The predicted octanol–water partition coefficient (Wildman–Crippen LogP) is 7.14. The lowest BCUT2D eigenvalue weighted by atomic mass is 9.63. The second-order valence-corrected chi connectivity index (χ2v) is 11.7. The highest BCUT2D eigenvalue weighted by molar-refractivity contribution is 5.88. The van der Waals surface area contributed by atoms with Crippen molar-refractivity contribution in [3.8, 4) is 22.4 Å². The molecule has 0 amide bonds. The Labute approximate surface area is 188 Å². The molecule has 1 aromatic heterocycles. The molecule has 0 radical (unpaired) electrons. The molecule has 0 saturated heterocycles. The standard InChI is InChI=1S/C30H36N/c1-19-13-14-21-20-11-9-10-12-22(20)30(6,7)27(21)26(19)25-17-23-24(18-31(25)8)29(4,5)16-15-28(23,2)3/h9-14,17-18H,15-16H2,1-8H3/q+1. The monoisotopic (exact) mass is 410 g/mol. The highest BCUT2D eigenvalue weighted by Crippen LogP contribution is 2.53. The predicted molar refractivity (Wildman–Crippen MR) is 131 cm³/mol. The second-order valence-electron chi connectivity index (χ2n) is 11.7. The van der Waals surface area contributed by atoms with Crippen molar-refractivity contribution in [2.75, 3.05) is 0 Å². The molecule has 0 fully saturated rings. The number of aryl methyl sites for hydroxylation is 2. The van der Waals surface area contributed by atoms with Gasteiger partial charge in [0, 0.05) is 17.0 Å². The van der Waals surface area contributed by atoms with E-state index in [2.05, 4.69) is 109 Å². The third-order valence-corrected chi connectivity index (χ3v) is 8.29. The van der Waals surface area contributed by atoms with Crippen LogP contribution in [0.4, 0.5) is 0 Å². The van der Waals surface area contributed by atoms with Crippen molar-refractivity contribution in [1.29, 1.82) is 0 Å². The van der Waals surface area contributed by atoms with Crippen LogP contribution in [-0.2, 0) is 23.3 Å². The molecule has 0 atom stereocenters. The SMILES string of the molecule is Cc1ccc2c(c1-c1cc3c(c[n+]1C)C(C)(C)CCC3(C)C)C(C)(C)c1ccccc1-2. The number of rotatable bonds is 1. The highest BCUT2D eigenvalue weighted by atomic mass is 14.9. The van der Waals surface area contributed by atoms with Crippen LogP contribution in [0.15, 0.2) is 48.7 Å². The summed E-state index contributed by atoms with van der Waals surface area (Å²) in [6.45, 7) is 16.7. The van der Waals surface area contributed by atoms with Gasteiger partial charge in [-0.25, -0.2) is 4.57 Å². The Hall–Kier alpha value is -2.41. The number of fused-ring (bicyclic) bond motifs is 4. The van der Waals surface area contributed by atoms with Crippen molar-refractivity contribution in [3.63, 3.8) is 0 Å². The molecule has 31 heavy (non-hydrogen) atoms. The number of hydrogen-bond donors (Lipinski definition) is 0. The number of nitrogens with zero attached hydrogens (tertiary/aromatic N) is 1. The average molecular weight is 411 g/mol. The Kier molecular flexibility index (Phi) is 4.17. The Bertz CT molecular complexity index is 1220. The first-order chi connectivity index (χ1) is 14.4. The number of pyridine rings is 1. The molecule has 1 heteroatoms. The Balaban J connectivity index is 1.84. The van der Waals surface area contributed by atoms with Crippen molar-refractivity contribution < 1.29 is 4.57 Å². The molecule has 0 bridgehead atoms.